The Balaban J connectivity index is 1.50. The van der Waals surface area contributed by atoms with Gasteiger partial charge in [0.25, 0.3) is 0 Å². The number of fused-ring (bicyclic) bond motifs is 1. The van der Waals surface area contributed by atoms with Crippen LogP contribution in [0.2, 0.25) is 0 Å². The largest absolute Gasteiger partial charge is 0.497 e. The second-order valence-electron chi connectivity index (χ2n) is 7.54. The molecule has 3 aromatic rings. The van der Waals surface area contributed by atoms with Crippen LogP contribution in [0.5, 0.6) is 11.6 Å². The second kappa shape index (κ2) is 10.3. The van der Waals surface area contributed by atoms with Crippen molar-refractivity contribution in [1.82, 2.24) is 9.47 Å². The number of aromatic nitrogens is 1. The fraction of sp³-hybridized carbons (Fsp3) is 0.348. The first-order valence-electron chi connectivity index (χ1n) is 10.5. The number of rotatable bonds is 6. The molecular formula is C23H27N5O2S2. The number of hydrogen-bond acceptors (Lipinski definition) is 7. The standard InChI is InChI=1S/C23H27N5O2S2/c1-30-18-8-9-20-19(16-18)21(24-25-23(31)32-2)22(29)28(20)15-12-26-10-13-27(14-11-26)17-6-4-3-5-7-17/h3-9,16,29H,10-15H2,1-2H3. The fourth-order valence-corrected chi connectivity index (χ4v) is 4.16. The molecule has 2 heterocycles. The Morgan fingerprint density at radius 1 is 1.09 bits per heavy atom. The summed E-state index contributed by atoms with van der Waals surface area (Å²) in [5.41, 5.74) is 2.59. The maximum atomic E-state index is 11.0. The van der Waals surface area contributed by atoms with Gasteiger partial charge in [-0.1, -0.05) is 30.0 Å². The molecule has 0 bridgehead atoms. The van der Waals surface area contributed by atoms with Crippen LogP contribution in [0.4, 0.5) is 11.4 Å². The van der Waals surface area contributed by atoms with Crippen LogP contribution in [0.15, 0.2) is 58.8 Å². The summed E-state index contributed by atoms with van der Waals surface area (Å²) >= 11 is 6.48. The molecule has 1 saturated heterocycles. The third-order valence-corrected chi connectivity index (χ3v) is 6.77. The Morgan fingerprint density at radius 2 is 1.84 bits per heavy atom. The molecule has 32 heavy (non-hydrogen) atoms. The van der Waals surface area contributed by atoms with E-state index < -0.39 is 0 Å². The number of para-hydroxylation sites is 1. The zero-order chi connectivity index (χ0) is 22.5. The normalized spacial score (nSPS) is 15.0. The Bertz CT molecular complexity index is 1110. The van der Waals surface area contributed by atoms with E-state index in [0.717, 1.165) is 43.6 Å². The third-order valence-electron chi connectivity index (χ3n) is 5.76. The van der Waals surface area contributed by atoms with Crippen molar-refractivity contribution in [3.05, 3.63) is 48.5 Å². The van der Waals surface area contributed by atoms with Gasteiger partial charge >= 0.3 is 0 Å². The van der Waals surface area contributed by atoms with E-state index in [-0.39, 0.29) is 5.88 Å². The van der Waals surface area contributed by atoms with Crippen molar-refractivity contribution in [2.24, 2.45) is 10.2 Å². The van der Waals surface area contributed by atoms with Gasteiger partial charge in [-0.2, -0.15) is 0 Å². The molecule has 4 rings (SSSR count). The lowest BCUT2D eigenvalue weighted by atomic mass is 10.2. The molecule has 1 N–H and O–H groups in total. The second-order valence-corrected chi connectivity index (χ2v) is 8.98. The molecule has 1 aliphatic heterocycles. The number of thiocarbonyl (C=S) groups is 1. The van der Waals surface area contributed by atoms with Gasteiger partial charge in [-0.25, -0.2) is 0 Å². The highest BCUT2D eigenvalue weighted by molar-refractivity contribution is 8.22. The summed E-state index contributed by atoms with van der Waals surface area (Å²) in [6.07, 6.45) is 1.85. The molecule has 1 aliphatic rings. The lowest BCUT2D eigenvalue weighted by Crippen LogP contribution is -2.47. The molecule has 1 aromatic heterocycles. The minimum absolute atomic E-state index is 0.101. The van der Waals surface area contributed by atoms with Crippen LogP contribution in [-0.4, -0.2) is 65.0 Å². The Hall–Kier alpha value is -2.62. The van der Waals surface area contributed by atoms with Gasteiger partial charge in [-0.05, 0) is 48.8 Å². The molecule has 9 heteroatoms. The fourth-order valence-electron chi connectivity index (χ4n) is 4.00. The van der Waals surface area contributed by atoms with Crippen molar-refractivity contribution >= 4 is 50.6 Å². The van der Waals surface area contributed by atoms with E-state index in [9.17, 15) is 5.11 Å². The first kappa shape index (κ1) is 22.6. The molecule has 0 aliphatic carbocycles. The number of piperazine rings is 1. The molecular weight excluding hydrogens is 442 g/mol. The van der Waals surface area contributed by atoms with Gasteiger partial charge < -0.3 is 19.3 Å². The summed E-state index contributed by atoms with van der Waals surface area (Å²) in [7, 11) is 1.62. The van der Waals surface area contributed by atoms with Gasteiger partial charge in [0.15, 0.2) is 10.0 Å². The first-order chi connectivity index (χ1) is 15.6. The summed E-state index contributed by atoms with van der Waals surface area (Å²) in [4.78, 5) is 4.84. The quantitative estimate of drug-likeness (QED) is 0.409. The monoisotopic (exact) mass is 469 g/mol. The van der Waals surface area contributed by atoms with Gasteiger partial charge in [0.05, 0.1) is 12.6 Å². The van der Waals surface area contributed by atoms with Gasteiger partial charge in [-0.3, -0.25) is 4.90 Å². The molecule has 168 valence electrons. The smallest absolute Gasteiger partial charge is 0.220 e. The van der Waals surface area contributed by atoms with Crippen LogP contribution in [-0.2, 0) is 6.54 Å². The number of azo groups is 1. The molecule has 0 atom stereocenters. The predicted molar refractivity (Wildman–Crippen MR) is 136 cm³/mol. The Labute approximate surface area is 197 Å². The first-order valence-corrected chi connectivity index (χ1v) is 12.1. The van der Waals surface area contributed by atoms with E-state index in [2.05, 4.69) is 44.3 Å². The topological polar surface area (TPSA) is 65.6 Å². The lowest BCUT2D eigenvalue weighted by Gasteiger charge is -2.36. The minimum atomic E-state index is 0.101. The summed E-state index contributed by atoms with van der Waals surface area (Å²) in [5, 5.41) is 20.1. The average molecular weight is 470 g/mol. The highest BCUT2D eigenvalue weighted by Crippen LogP contribution is 2.40. The van der Waals surface area contributed by atoms with E-state index in [4.69, 9.17) is 17.0 Å². The Kier molecular flexibility index (Phi) is 7.29. The number of benzene rings is 2. The van der Waals surface area contributed by atoms with Crippen molar-refractivity contribution in [2.75, 3.05) is 51.0 Å². The van der Waals surface area contributed by atoms with Crippen LogP contribution in [0, 0.1) is 0 Å². The van der Waals surface area contributed by atoms with Crippen molar-refractivity contribution in [3.8, 4) is 11.6 Å². The van der Waals surface area contributed by atoms with Gasteiger partial charge in [0.1, 0.15) is 5.75 Å². The van der Waals surface area contributed by atoms with Crippen LogP contribution in [0.3, 0.4) is 0 Å². The number of hydrogen-bond donors (Lipinski definition) is 1. The van der Waals surface area contributed by atoms with E-state index in [1.165, 1.54) is 17.4 Å². The molecule has 0 unspecified atom stereocenters. The highest BCUT2D eigenvalue weighted by Gasteiger charge is 2.20. The van der Waals surface area contributed by atoms with Crippen LogP contribution < -0.4 is 9.64 Å². The summed E-state index contributed by atoms with van der Waals surface area (Å²) in [5.74, 6) is 0.805. The van der Waals surface area contributed by atoms with Crippen molar-refractivity contribution < 1.29 is 9.84 Å². The molecule has 7 nitrogen and oxygen atoms in total. The minimum Gasteiger partial charge on any atom is -0.497 e. The summed E-state index contributed by atoms with van der Waals surface area (Å²) in [6, 6.07) is 16.2. The SMILES string of the molecule is COc1ccc2c(c1)c(N=NC(=S)SC)c(O)n2CCN1CCN(c2ccccc2)CC1. The van der Waals surface area contributed by atoms with E-state index >= 15 is 0 Å². The van der Waals surface area contributed by atoms with E-state index in [1.54, 1.807) is 7.11 Å². The number of methoxy groups -OCH3 is 1. The van der Waals surface area contributed by atoms with E-state index in [0.29, 0.717) is 22.3 Å². The molecule has 1 fully saturated rings. The maximum absolute atomic E-state index is 11.0. The molecule has 0 radical (unpaired) electrons. The molecule has 2 aromatic carbocycles. The van der Waals surface area contributed by atoms with Gasteiger partial charge in [-0.15, -0.1) is 10.2 Å². The number of nitrogens with zero attached hydrogens (tertiary/aromatic N) is 5. The number of thioether (sulfide) groups is 1. The molecule has 0 spiro atoms. The zero-order valence-corrected chi connectivity index (χ0v) is 19.9. The van der Waals surface area contributed by atoms with Crippen molar-refractivity contribution in [2.45, 2.75) is 6.54 Å². The van der Waals surface area contributed by atoms with E-state index in [1.807, 2.05) is 35.1 Å². The van der Waals surface area contributed by atoms with Crippen LogP contribution in [0.1, 0.15) is 0 Å². The summed E-state index contributed by atoms with van der Waals surface area (Å²) < 4.78 is 7.69. The highest BCUT2D eigenvalue weighted by atomic mass is 32.2. The lowest BCUT2D eigenvalue weighted by molar-refractivity contribution is 0.245. The molecule has 0 amide bonds. The maximum Gasteiger partial charge on any atom is 0.220 e. The number of anilines is 1. The van der Waals surface area contributed by atoms with Crippen LogP contribution in [0.25, 0.3) is 10.9 Å². The van der Waals surface area contributed by atoms with Crippen molar-refractivity contribution in [3.63, 3.8) is 0 Å². The van der Waals surface area contributed by atoms with Gasteiger partial charge in [0.2, 0.25) is 5.88 Å². The average Bonchev–Trinajstić information content (AvgIpc) is 3.11. The number of aromatic hydroxyl groups is 1. The molecule has 0 saturated carbocycles. The van der Waals surface area contributed by atoms with Gasteiger partial charge in [0, 0.05) is 50.3 Å². The Morgan fingerprint density at radius 3 is 2.53 bits per heavy atom. The zero-order valence-electron chi connectivity index (χ0n) is 18.3. The number of ether oxygens (including phenoxy) is 1. The van der Waals surface area contributed by atoms with Crippen LogP contribution >= 0.6 is 24.0 Å². The predicted octanol–water partition coefficient (Wildman–Crippen LogP) is 4.91. The van der Waals surface area contributed by atoms with Crippen molar-refractivity contribution in [1.29, 1.82) is 0 Å². The summed E-state index contributed by atoms with van der Waals surface area (Å²) in [6.45, 7) is 5.44. The third kappa shape index (κ3) is 4.90.